The van der Waals surface area contributed by atoms with Gasteiger partial charge in [-0.25, -0.2) is 0 Å². The van der Waals surface area contributed by atoms with Crippen LogP contribution in [0.15, 0.2) is 4.99 Å². The van der Waals surface area contributed by atoms with Crippen molar-refractivity contribution in [2.24, 2.45) is 22.2 Å². The van der Waals surface area contributed by atoms with Crippen molar-refractivity contribution in [3.8, 4) is 0 Å². The number of nitrogens with one attached hydrogen (secondary N) is 2. The normalized spacial score (nSPS) is 34.8. The molecule has 0 amide bonds. The van der Waals surface area contributed by atoms with Crippen LogP contribution in [-0.2, 0) is 4.74 Å². The minimum absolute atomic E-state index is 0. The highest BCUT2D eigenvalue weighted by Gasteiger charge is 2.59. The van der Waals surface area contributed by atoms with E-state index in [1.54, 1.807) is 0 Å². The summed E-state index contributed by atoms with van der Waals surface area (Å²) in [4.78, 5) is 4.36. The average Bonchev–Trinajstić information content (AvgIpc) is 3.09. The van der Waals surface area contributed by atoms with E-state index in [2.05, 4.69) is 29.5 Å². The number of guanidine groups is 1. The number of fused-ring (bicyclic) bond motifs is 1. The highest BCUT2D eigenvalue weighted by atomic mass is 127. The highest BCUT2D eigenvalue weighted by Crippen LogP contribution is 2.52. The Labute approximate surface area is 139 Å². The molecule has 3 atom stereocenters. The fourth-order valence-corrected chi connectivity index (χ4v) is 3.76. The largest absolute Gasteiger partial charge is 0.377 e. The molecule has 0 bridgehead atoms. The van der Waals surface area contributed by atoms with Crippen LogP contribution in [0.25, 0.3) is 0 Å². The second kappa shape index (κ2) is 6.38. The lowest BCUT2D eigenvalue weighted by Gasteiger charge is -2.54. The quantitative estimate of drug-likeness (QED) is 0.438. The van der Waals surface area contributed by atoms with Crippen LogP contribution in [0, 0.1) is 17.3 Å². The van der Waals surface area contributed by atoms with Crippen molar-refractivity contribution in [1.82, 2.24) is 10.6 Å². The van der Waals surface area contributed by atoms with Gasteiger partial charge in [-0.15, -0.1) is 24.0 Å². The molecule has 0 aromatic heterocycles. The summed E-state index contributed by atoms with van der Waals surface area (Å²) >= 11 is 0. The third kappa shape index (κ3) is 3.08. The molecule has 1 heterocycles. The molecule has 3 fully saturated rings. The molecular weight excluding hydrogens is 365 g/mol. The molecule has 2 N–H and O–H groups in total. The maximum Gasteiger partial charge on any atom is 0.191 e. The zero-order chi connectivity index (χ0) is 13.5. The van der Waals surface area contributed by atoms with E-state index in [9.17, 15) is 0 Å². The minimum atomic E-state index is 0. The Kier molecular flexibility index (Phi) is 5.21. The van der Waals surface area contributed by atoms with E-state index in [0.717, 1.165) is 25.0 Å². The van der Waals surface area contributed by atoms with Crippen molar-refractivity contribution >= 4 is 29.9 Å². The highest BCUT2D eigenvalue weighted by molar-refractivity contribution is 14.0. The molecule has 0 spiro atoms. The molecule has 0 aromatic carbocycles. The zero-order valence-electron chi connectivity index (χ0n) is 12.8. The summed E-state index contributed by atoms with van der Waals surface area (Å²) < 4.78 is 5.83. The number of aliphatic imine (C=N–C) groups is 1. The summed E-state index contributed by atoms with van der Waals surface area (Å²) in [6.07, 6.45) is 5.75. The molecule has 3 aliphatic rings. The van der Waals surface area contributed by atoms with Crippen molar-refractivity contribution in [2.45, 2.75) is 51.7 Å². The second-order valence-electron chi connectivity index (χ2n) is 6.92. The third-order valence-corrected chi connectivity index (χ3v) is 5.16. The summed E-state index contributed by atoms with van der Waals surface area (Å²) in [5.74, 6) is 2.60. The van der Waals surface area contributed by atoms with E-state index in [1.807, 2.05) is 7.05 Å². The van der Waals surface area contributed by atoms with E-state index in [4.69, 9.17) is 4.74 Å². The Hall–Kier alpha value is -0.0400. The van der Waals surface area contributed by atoms with Crippen LogP contribution in [-0.4, -0.2) is 38.3 Å². The van der Waals surface area contributed by atoms with Crippen molar-refractivity contribution < 1.29 is 4.74 Å². The lowest BCUT2D eigenvalue weighted by atomic mass is 9.57. The Bertz CT molecular complexity index is 368. The summed E-state index contributed by atoms with van der Waals surface area (Å²) in [5.41, 5.74) is 0.218. The first kappa shape index (κ1) is 16.3. The summed E-state index contributed by atoms with van der Waals surface area (Å²) in [6, 6.07) is 0.493. The van der Waals surface area contributed by atoms with Gasteiger partial charge in [-0.2, -0.15) is 0 Å². The minimum Gasteiger partial charge on any atom is -0.377 e. The van der Waals surface area contributed by atoms with E-state index in [-0.39, 0.29) is 29.4 Å². The lowest BCUT2D eigenvalue weighted by Crippen LogP contribution is -2.67. The Balaban J connectivity index is 0.00000147. The molecule has 4 nitrogen and oxygen atoms in total. The molecule has 3 rings (SSSR count). The smallest absolute Gasteiger partial charge is 0.191 e. The standard InChI is InChI=1S/C15H27N3O.HI/c1-15(2)12(11-7-9-19-13(11)15)18-14(16-3)17-8-6-10-4-5-10;/h10-13H,4-9H2,1-3H3,(H2,16,17,18);1H. The summed E-state index contributed by atoms with van der Waals surface area (Å²) in [7, 11) is 1.86. The molecular formula is C15H28IN3O. The Morgan fingerprint density at radius 1 is 1.30 bits per heavy atom. The molecule has 0 aromatic rings. The second-order valence-corrected chi connectivity index (χ2v) is 6.92. The van der Waals surface area contributed by atoms with Gasteiger partial charge >= 0.3 is 0 Å². The van der Waals surface area contributed by atoms with Crippen molar-refractivity contribution in [3.63, 3.8) is 0 Å². The maximum absolute atomic E-state index is 5.83. The van der Waals surface area contributed by atoms with Crippen LogP contribution >= 0.6 is 24.0 Å². The Morgan fingerprint density at radius 3 is 2.70 bits per heavy atom. The van der Waals surface area contributed by atoms with Crippen LogP contribution in [0.2, 0.25) is 0 Å². The average molecular weight is 393 g/mol. The van der Waals surface area contributed by atoms with Gasteiger partial charge in [-0.1, -0.05) is 26.7 Å². The number of ether oxygens (including phenoxy) is 1. The van der Waals surface area contributed by atoms with Crippen LogP contribution in [0.1, 0.15) is 39.5 Å². The van der Waals surface area contributed by atoms with E-state index in [0.29, 0.717) is 18.1 Å². The van der Waals surface area contributed by atoms with Gasteiger partial charge in [0, 0.05) is 37.6 Å². The van der Waals surface area contributed by atoms with Gasteiger partial charge in [0.15, 0.2) is 5.96 Å². The Morgan fingerprint density at radius 2 is 2.05 bits per heavy atom. The van der Waals surface area contributed by atoms with Gasteiger partial charge in [0.05, 0.1) is 6.10 Å². The molecule has 5 heteroatoms. The maximum atomic E-state index is 5.83. The number of hydrogen-bond acceptors (Lipinski definition) is 2. The van der Waals surface area contributed by atoms with Crippen LogP contribution < -0.4 is 10.6 Å². The van der Waals surface area contributed by atoms with E-state index in [1.165, 1.54) is 25.7 Å². The van der Waals surface area contributed by atoms with Gasteiger partial charge in [0.25, 0.3) is 0 Å². The SMILES string of the molecule is CN=C(NCCC1CC1)NC1C2CCOC2C1(C)C.I. The van der Waals surface area contributed by atoms with E-state index >= 15 is 0 Å². The molecule has 116 valence electrons. The zero-order valence-corrected chi connectivity index (χ0v) is 15.1. The van der Waals surface area contributed by atoms with E-state index < -0.39 is 0 Å². The molecule has 2 aliphatic carbocycles. The molecule has 3 unspecified atom stereocenters. The summed E-state index contributed by atoms with van der Waals surface area (Å²) in [5, 5.41) is 7.07. The van der Waals surface area contributed by atoms with Crippen molar-refractivity contribution in [2.75, 3.05) is 20.2 Å². The summed E-state index contributed by atoms with van der Waals surface area (Å²) in [6.45, 7) is 6.57. The number of hydrogen-bond donors (Lipinski definition) is 2. The fraction of sp³-hybridized carbons (Fsp3) is 0.933. The van der Waals surface area contributed by atoms with Crippen molar-refractivity contribution in [1.29, 1.82) is 0 Å². The van der Waals surface area contributed by atoms with Crippen LogP contribution in [0.4, 0.5) is 0 Å². The first-order valence-corrected chi connectivity index (χ1v) is 7.71. The molecule has 2 saturated carbocycles. The first-order chi connectivity index (χ1) is 9.13. The number of nitrogens with zero attached hydrogens (tertiary/aromatic N) is 1. The third-order valence-electron chi connectivity index (χ3n) is 5.16. The molecule has 20 heavy (non-hydrogen) atoms. The fourth-order valence-electron chi connectivity index (χ4n) is 3.76. The topological polar surface area (TPSA) is 45.7 Å². The van der Waals surface area contributed by atoms with Gasteiger partial charge in [-0.3, -0.25) is 4.99 Å². The van der Waals surface area contributed by atoms with Crippen molar-refractivity contribution in [3.05, 3.63) is 0 Å². The van der Waals surface area contributed by atoms with Gasteiger partial charge in [0.1, 0.15) is 0 Å². The monoisotopic (exact) mass is 393 g/mol. The number of rotatable bonds is 4. The molecule has 1 aliphatic heterocycles. The van der Waals surface area contributed by atoms with Gasteiger partial charge < -0.3 is 15.4 Å². The van der Waals surface area contributed by atoms with Crippen LogP contribution in [0.5, 0.6) is 0 Å². The van der Waals surface area contributed by atoms with Gasteiger partial charge in [-0.05, 0) is 18.8 Å². The van der Waals surface area contributed by atoms with Crippen LogP contribution in [0.3, 0.4) is 0 Å². The predicted molar refractivity (Wildman–Crippen MR) is 92.7 cm³/mol. The molecule has 0 radical (unpaired) electrons. The predicted octanol–water partition coefficient (Wildman–Crippen LogP) is 2.38. The molecule has 1 saturated heterocycles. The lowest BCUT2D eigenvalue weighted by molar-refractivity contribution is -0.106. The number of halogens is 1. The first-order valence-electron chi connectivity index (χ1n) is 7.71. The van der Waals surface area contributed by atoms with Gasteiger partial charge in [0.2, 0.25) is 0 Å².